The number of aliphatic hydroxyl groups excluding tert-OH is 1. The molecule has 5 aromatic heterocycles. The summed E-state index contributed by atoms with van der Waals surface area (Å²) < 4.78 is 61.9. The number of thiazole rings is 5. The number of hydrogen-bond acceptors (Lipinski definition) is 24. The van der Waals surface area contributed by atoms with Gasteiger partial charge >= 0.3 is 18.2 Å². The molecule has 0 saturated carbocycles. The summed E-state index contributed by atoms with van der Waals surface area (Å²) in [6.45, 7) is 20.0. The summed E-state index contributed by atoms with van der Waals surface area (Å²) in [6, 6.07) is 24.3. The van der Waals surface area contributed by atoms with Gasteiger partial charge in [-0.05, 0) is 141 Å². The van der Waals surface area contributed by atoms with Gasteiger partial charge < -0.3 is 31.2 Å². The van der Waals surface area contributed by atoms with Crippen molar-refractivity contribution in [3.8, 4) is 0 Å². The van der Waals surface area contributed by atoms with Crippen molar-refractivity contribution in [3.05, 3.63) is 196 Å². The Bertz CT molecular complexity index is 4470. The first-order valence-electron chi connectivity index (χ1n) is 31.4. The number of aldehydes is 1. The van der Waals surface area contributed by atoms with Crippen LogP contribution in [-0.4, -0.2) is 124 Å². The van der Waals surface area contributed by atoms with Gasteiger partial charge in [0.2, 0.25) is 11.8 Å². The average Bonchev–Trinajstić information content (AvgIpc) is 1.64. The fourth-order valence-electron chi connectivity index (χ4n) is 8.44. The van der Waals surface area contributed by atoms with Crippen molar-refractivity contribution < 1.29 is 70.8 Å². The van der Waals surface area contributed by atoms with Crippen LogP contribution in [0.25, 0.3) is 0 Å². The lowest BCUT2D eigenvalue weighted by Crippen LogP contribution is -2.34. The van der Waals surface area contributed by atoms with Gasteiger partial charge in [0, 0.05) is 78.7 Å². The van der Waals surface area contributed by atoms with E-state index in [0.29, 0.717) is 78.6 Å². The summed E-state index contributed by atoms with van der Waals surface area (Å²) in [5.74, 6) is -2.94. The van der Waals surface area contributed by atoms with Crippen molar-refractivity contribution in [1.29, 1.82) is 0 Å². The Kier molecular flexibility index (Phi) is 32.4. The summed E-state index contributed by atoms with van der Waals surface area (Å²) in [5.41, 5.74) is 16.9. The zero-order valence-corrected chi connectivity index (χ0v) is 63.2. The predicted octanol–water partition coefficient (Wildman–Crippen LogP) is 14.7. The van der Waals surface area contributed by atoms with Gasteiger partial charge in [-0.3, -0.25) is 35.1 Å². The molecule has 0 bridgehead atoms. The second-order valence-corrected chi connectivity index (χ2v) is 29.3. The Morgan fingerprint density at radius 2 is 1.03 bits per heavy atom. The van der Waals surface area contributed by atoms with Crippen LogP contribution < -0.4 is 27.4 Å². The maximum Gasteiger partial charge on any atom is 0.413 e. The van der Waals surface area contributed by atoms with Crippen LogP contribution in [0, 0.1) is 57.9 Å². The number of carboxylic acid groups (broad SMARTS) is 1. The number of rotatable bonds is 12. The molecular formula is C70H80F4N14O11S5. The van der Waals surface area contributed by atoms with E-state index in [1.807, 2.05) is 71.4 Å². The number of carboxylic acids is 1. The number of nitrogens with zero attached hydrogens (tertiary/aromatic N) is 9. The summed E-state index contributed by atoms with van der Waals surface area (Å²) in [6.07, 6.45) is 0.832. The van der Waals surface area contributed by atoms with E-state index in [-0.39, 0.29) is 60.1 Å². The van der Waals surface area contributed by atoms with E-state index >= 15 is 0 Å². The number of aryl methyl sites for hydroxylation is 5. The number of anilines is 5. The largest absolute Gasteiger partial charge is 0.477 e. The molecule has 34 heteroatoms. The third-order valence-corrected chi connectivity index (χ3v) is 18.0. The first-order chi connectivity index (χ1) is 48.8. The second kappa shape index (κ2) is 40.0. The second-order valence-electron chi connectivity index (χ2n) is 24.4. The molecule has 25 nitrogen and oxygen atoms in total. The van der Waals surface area contributed by atoms with Gasteiger partial charge in [-0.25, -0.2) is 66.9 Å². The molecule has 0 radical (unpaired) electrons. The molecule has 554 valence electrons. The van der Waals surface area contributed by atoms with Gasteiger partial charge in [0.1, 0.15) is 58.3 Å². The van der Waals surface area contributed by atoms with Crippen molar-refractivity contribution in [3.63, 3.8) is 0 Å². The van der Waals surface area contributed by atoms with Crippen LogP contribution in [0.3, 0.4) is 0 Å². The molecule has 0 fully saturated rings. The number of aliphatic hydroxyl groups is 1. The molecule has 0 aliphatic carbocycles. The van der Waals surface area contributed by atoms with Crippen LogP contribution in [0.4, 0.5) is 52.8 Å². The number of halogens is 4. The lowest BCUT2D eigenvalue weighted by Gasteiger charge is -2.18. The molecule has 9 N–H and O–H groups in total. The smallest absolute Gasteiger partial charge is 0.413 e. The Morgan fingerprint density at radius 3 is 1.46 bits per heavy atom. The van der Waals surface area contributed by atoms with Crippen LogP contribution >= 0.6 is 56.7 Å². The molecule has 2 aliphatic heterocycles. The maximum absolute atomic E-state index is 13.3. The summed E-state index contributed by atoms with van der Waals surface area (Å²) in [4.78, 5) is 101. The van der Waals surface area contributed by atoms with Crippen molar-refractivity contribution >= 4 is 136 Å². The van der Waals surface area contributed by atoms with E-state index in [1.165, 1.54) is 125 Å². The van der Waals surface area contributed by atoms with E-state index in [1.54, 1.807) is 52.0 Å². The van der Waals surface area contributed by atoms with E-state index in [4.69, 9.17) is 26.0 Å². The van der Waals surface area contributed by atoms with E-state index in [2.05, 4.69) is 51.1 Å². The van der Waals surface area contributed by atoms with Gasteiger partial charge in [-0.1, -0.05) is 59.9 Å². The number of aromatic nitrogens is 5. The molecule has 104 heavy (non-hydrogen) atoms. The van der Waals surface area contributed by atoms with Gasteiger partial charge in [-0.2, -0.15) is 10.2 Å². The minimum absolute atomic E-state index is 0.0482. The van der Waals surface area contributed by atoms with E-state index in [9.17, 15) is 56.2 Å². The SMILES string of the molecule is CN1N=C(C(=O)O)CCC1=O.Cc1csc(N)n1.Cc1csc(NC(=O)OC(C)(C)C)n1.Cc1nc(N)sc1Cc1cccc(F)c1.Cc1nc(NC(=O)C2=NN(C)C(=O)CC2)sc1Cc1cccc(F)c1.Cc1nc(NC(=O)OC(C)(C)C)sc1C(O)c1cccc(F)c1.O=Cc1cccc(F)c1. The number of aliphatic carboxylic acids is 1. The molecule has 0 saturated heterocycles. The minimum Gasteiger partial charge on any atom is -0.477 e. The van der Waals surface area contributed by atoms with Crippen molar-refractivity contribution in [2.45, 2.75) is 132 Å². The van der Waals surface area contributed by atoms with Gasteiger partial charge in [-0.15, -0.1) is 45.3 Å². The first kappa shape index (κ1) is 84.4. The maximum atomic E-state index is 13.3. The number of ether oxygens (including phenoxy) is 2. The molecule has 4 aromatic carbocycles. The topological polar surface area (TPSA) is 362 Å². The number of nitrogens with one attached hydrogen (secondary N) is 3. The van der Waals surface area contributed by atoms with Crippen molar-refractivity contribution in [2.24, 2.45) is 10.2 Å². The number of nitrogens with two attached hydrogens (primary N) is 2. The summed E-state index contributed by atoms with van der Waals surface area (Å²) in [7, 11) is 2.98. The Balaban J connectivity index is 0.000000227. The first-order valence-corrected chi connectivity index (χ1v) is 35.6. The van der Waals surface area contributed by atoms with Crippen LogP contribution in [0.2, 0.25) is 0 Å². The molecule has 1 unspecified atom stereocenters. The number of hydrogen-bond donors (Lipinski definition) is 7. The lowest BCUT2D eigenvalue weighted by molar-refractivity contribution is -0.132. The highest BCUT2D eigenvalue weighted by atomic mass is 32.1. The molecule has 5 amide bonds. The number of carbonyl (C=O) groups is 7. The lowest BCUT2D eigenvalue weighted by atomic mass is 10.1. The van der Waals surface area contributed by atoms with Crippen molar-refractivity contribution in [2.75, 3.05) is 41.5 Å². The molecule has 7 heterocycles. The van der Waals surface area contributed by atoms with Gasteiger partial charge in [0.05, 0.1) is 33.3 Å². The fourth-order valence-corrected chi connectivity index (χ4v) is 12.5. The van der Waals surface area contributed by atoms with Crippen LogP contribution in [0.5, 0.6) is 0 Å². The minimum atomic E-state index is -1.05. The Labute approximate surface area is 618 Å². The van der Waals surface area contributed by atoms with Crippen LogP contribution in [-0.2, 0) is 41.5 Å². The molecule has 11 rings (SSSR count). The number of amides is 5. The zero-order chi connectivity index (χ0) is 77.2. The highest BCUT2D eigenvalue weighted by Crippen LogP contribution is 2.33. The summed E-state index contributed by atoms with van der Waals surface area (Å²) in [5, 5.41) is 42.9. The Morgan fingerprint density at radius 1 is 0.567 bits per heavy atom. The van der Waals surface area contributed by atoms with Gasteiger partial charge in [0.15, 0.2) is 25.7 Å². The standard InChI is InChI=1S/C17H17FN4O2S.C16H19FN2O3S.C11H11FN2S.C9H14N2O2S.C7H5FO.C6H8N2O3.C4H6N2S/c1-10-14(9-11-4-3-5-12(18)8-11)25-17(19-10)20-16(24)13-6-7-15(23)22(2)21-13;1-9-13(12(20)10-6-5-7-11(17)8-10)23-14(18-9)19-15(21)22-16(2,3)4;1-7-10(15-11(13)14-7)6-8-3-2-4-9(12)5-8;1-6-5-14-7(10-6)11-8(12)13-9(2,3)4;8-7-3-1-2-6(4-7)5-9;1-8-5(9)3-2-4(7-8)6(10)11;1-3-2-7-4(5)6-3/h3-5,8H,6-7,9H2,1-2H3,(H,19,20,24);5-8,12,20H,1-4H3,(H,18,19,21);2-5H,6H2,1H3,(H2,13,14);5H,1-4H3,(H,10,11,12);1-5H;2-3H2,1H3,(H,10,11);2H,1H3,(H2,5,6). The fraction of sp³-hybridized carbons (Fsp3) is 0.314. The monoisotopic (exact) mass is 1530 g/mol. The third kappa shape index (κ3) is 30.4. The quantitative estimate of drug-likeness (QED) is 0.0441. The van der Waals surface area contributed by atoms with Gasteiger partial charge in [0.25, 0.3) is 5.91 Å². The normalized spacial score (nSPS) is 12.6. The van der Waals surface area contributed by atoms with E-state index in [0.717, 1.165) is 60.0 Å². The number of benzene rings is 4. The molecule has 1 atom stereocenters. The van der Waals surface area contributed by atoms with Crippen LogP contribution in [0.15, 0.2) is 118 Å². The number of nitrogen functional groups attached to an aromatic ring is 2. The van der Waals surface area contributed by atoms with Crippen LogP contribution in [0.1, 0.15) is 143 Å². The Hall–Kier alpha value is -10.3. The molecule has 9 aromatic rings. The zero-order valence-electron chi connectivity index (χ0n) is 59.1. The summed E-state index contributed by atoms with van der Waals surface area (Å²) >= 11 is 6.79. The number of hydrazone groups is 2. The predicted molar refractivity (Wildman–Crippen MR) is 399 cm³/mol. The average molecular weight is 1530 g/mol. The van der Waals surface area contributed by atoms with Crippen molar-refractivity contribution in [1.82, 2.24) is 34.9 Å². The molecule has 2 aliphatic rings. The van der Waals surface area contributed by atoms with E-state index < -0.39 is 41.3 Å². The highest BCUT2D eigenvalue weighted by Gasteiger charge is 2.26. The number of carbonyl (C=O) groups excluding carboxylic acids is 6. The highest BCUT2D eigenvalue weighted by molar-refractivity contribution is 7.16. The molecular weight excluding hydrogens is 1450 g/mol. The molecule has 0 spiro atoms. The third-order valence-electron chi connectivity index (χ3n) is 13.2.